The van der Waals surface area contributed by atoms with Crippen LogP contribution in [0.25, 0.3) is 0 Å². The molecule has 0 aliphatic carbocycles. The van der Waals surface area contributed by atoms with Crippen LogP contribution < -0.4 is 4.90 Å². The molecular weight excluding hydrogens is 255 g/mol. The Labute approximate surface area is 109 Å². The molecule has 0 bridgehead atoms. The fraction of sp³-hybridized carbons (Fsp3) is 0.538. The Kier molecular flexibility index (Phi) is 3.65. The lowest BCUT2D eigenvalue weighted by molar-refractivity contribution is -0.179. The molecule has 1 aliphatic heterocycles. The predicted molar refractivity (Wildman–Crippen MR) is 64.7 cm³/mol. The molecule has 19 heavy (non-hydrogen) atoms. The molecule has 0 radical (unpaired) electrons. The number of piperidine rings is 1. The van der Waals surface area contributed by atoms with Crippen LogP contribution in [0.5, 0.6) is 0 Å². The maximum Gasteiger partial charge on any atom is 0.391 e. The smallest absolute Gasteiger partial charge is 0.355 e. The Morgan fingerprint density at radius 1 is 1.32 bits per heavy atom. The summed E-state index contributed by atoms with van der Waals surface area (Å²) >= 11 is 0. The highest BCUT2D eigenvalue weighted by molar-refractivity contribution is 5.54. The number of pyridine rings is 1. The molecular formula is C13H14F3N3. The molecule has 0 atom stereocenters. The van der Waals surface area contributed by atoms with Crippen molar-refractivity contribution in [1.29, 1.82) is 5.26 Å². The first-order valence-corrected chi connectivity index (χ1v) is 6.11. The first-order chi connectivity index (χ1) is 8.91. The van der Waals surface area contributed by atoms with Crippen LogP contribution in [0.2, 0.25) is 0 Å². The lowest BCUT2D eigenvalue weighted by Crippen LogP contribution is -2.39. The molecule has 0 spiro atoms. The molecule has 1 aromatic heterocycles. The van der Waals surface area contributed by atoms with Gasteiger partial charge in [-0.3, -0.25) is 0 Å². The van der Waals surface area contributed by atoms with E-state index in [-0.39, 0.29) is 25.9 Å². The van der Waals surface area contributed by atoms with E-state index in [0.29, 0.717) is 11.4 Å². The molecule has 6 heteroatoms. The van der Waals surface area contributed by atoms with Gasteiger partial charge in [0, 0.05) is 18.8 Å². The summed E-state index contributed by atoms with van der Waals surface area (Å²) in [5.74, 6) is -0.734. The van der Waals surface area contributed by atoms with Crippen molar-refractivity contribution >= 4 is 5.82 Å². The summed E-state index contributed by atoms with van der Waals surface area (Å²) < 4.78 is 37.8. The summed E-state index contributed by atoms with van der Waals surface area (Å²) in [5, 5.41) is 9.02. The molecule has 102 valence electrons. The van der Waals surface area contributed by atoms with Crippen LogP contribution >= 0.6 is 0 Å². The molecule has 1 aliphatic rings. The van der Waals surface area contributed by atoms with Gasteiger partial charge >= 0.3 is 6.18 Å². The van der Waals surface area contributed by atoms with Crippen molar-refractivity contribution in [1.82, 2.24) is 4.98 Å². The SMILES string of the molecule is Cc1ccc(C#N)c(N2CCC(C(F)(F)F)CC2)n1. The van der Waals surface area contributed by atoms with E-state index in [1.54, 1.807) is 24.0 Å². The topological polar surface area (TPSA) is 39.9 Å². The number of anilines is 1. The molecule has 1 fully saturated rings. The second-order valence-corrected chi connectivity index (χ2v) is 4.74. The van der Waals surface area contributed by atoms with Gasteiger partial charge in [0.2, 0.25) is 0 Å². The number of alkyl halides is 3. The zero-order valence-corrected chi connectivity index (χ0v) is 10.5. The quantitative estimate of drug-likeness (QED) is 0.786. The molecule has 1 saturated heterocycles. The van der Waals surface area contributed by atoms with E-state index >= 15 is 0 Å². The first-order valence-electron chi connectivity index (χ1n) is 6.11. The van der Waals surface area contributed by atoms with E-state index < -0.39 is 12.1 Å². The first kappa shape index (κ1) is 13.7. The molecule has 3 nitrogen and oxygen atoms in total. The molecule has 2 rings (SSSR count). The number of hydrogen-bond acceptors (Lipinski definition) is 3. The van der Waals surface area contributed by atoms with Gasteiger partial charge in [-0.25, -0.2) is 4.98 Å². The third kappa shape index (κ3) is 2.98. The number of nitrogens with zero attached hydrogens (tertiary/aromatic N) is 3. The highest BCUT2D eigenvalue weighted by Gasteiger charge is 2.41. The Morgan fingerprint density at radius 3 is 2.47 bits per heavy atom. The van der Waals surface area contributed by atoms with E-state index in [1.807, 2.05) is 6.07 Å². The van der Waals surface area contributed by atoms with Crippen molar-refractivity contribution < 1.29 is 13.2 Å². The number of halogens is 3. The molecule has 2 heterocycles. The third-order valence-corrected chi connectivity index (χ3v) is 3.39. The van der Waals surface area contributed by atoms with Crippen molar-refractivity contribution in [2.75, 3.05) is 18.0 Å². The highest BCUT2D eigenvalue weighted by atomic mass is 19.4. The number of aryl methyl sites for hydroxylation is 1. The fourth-order valence-electron chi connectivity index (χ4n) is 2.29. The molecule has 0 N–H and O–H groups in total. The maximum absolute atomic E-state index is 12.6. The minimum atomic E-state index is -4.12. The van der Waals surface area contributed by atoms with Crippen molar-refractivity contribution in [3.05, 3.63) is 23.4 Å². The molecule has 0 aromatic carbocycles. The summed E-state index contributed by atoms with van der Waals surface area (Å²) in [6.07, 6.45) is -4.00. The summed E-state index contributed by atoms with van der Waals surface area (Å²) in [5.41, 5.74) is 1.17. The average molecular weight is 269 g/mol. The zero-order chi connectivity index (χ0) is 14.0. The summed E-state index contributed by atoms with van der Waals surface area (Å²) in [6, 6.07) is 5.42. The number of hydrogen-bond donors (Lipinski definition) is 0. The third-order valence-electron chi connectivity index (χ3n) is 3.39. The summed E-state index contributed by atoms with van der Waals surface area (Å²) in [6.45, 7) is 2.37. The number of nitriles is 1. The second kappa shape index (κ2) is 5.08. The van der Waals surface area contributed by atoms with Crippen LogP contribution in [-0.4, -0.2) is 24.2 Å². The van der Waals surface area contributed by atoms with Gasteiger partial charge in [-0.1, -0.05) is 0 Å². The van der Waals surface area contributed by atoms with Gasteiger partial charge in [-0.2, -0.15) is 18.4 Å². The van der Waals surface area contributed by atoms with Crippen LogP contribution in [-0.2, 0) is 0 Å². The minimum absolute atomic E-state index is 0.0595. The number of aromatic nitrogens is 1. The van der Waals surface area contributed by atoms with Gasteiger partial charge in [0.15, 0.2) is 0 Å². The van der Waals surface area contributed by atoms with Gasteiger partial charge in [-0.15, -0.1) is 0 Å². The van der Waals surface area contributed by atoms with E-state index in [9.17, 15) is 13.2 Å². The Morgan fingerprint density at radius 2 is 1.95 bits per heavy atom. The average Bonchev–Trinajstić information content (AvgIpc) is 2.38. The van der Waals surface area contributed by atoms with Crippen LogP contribution in [0.4, 0.5) is 19.0 Å². The monoisotopic (exact) mass is 269 g/mol. The Hall–Kier alpha value is -1.77. The zero-order valence-electron chi connectivity index (χ0n) is 10.5. The van der Waals surface area contributed by atoms with Gasteiger partial charge < -0.3 is 4.90 Å². The Bertz CT molecular complexity index is 497. The van der Waals surface area contributed by atoms with Crippen LogP contribution in [0, 0.1) is 24.2 Å². The van der Waals surface area contributed by atoms with Crippen molar-refractivity contribution in [3.8, 4) is 6.07 Å². The van der Waals surface area contributed by atoms with Crippen LogP contribution in [0.1, 0.15) is 24.1 Å². The standard InChI is InChI=1S/C13H14F3N3/c1-9-2-3-10(8-17)12(18-9)19-6-4-11(5-7-19)13(14,15)16/h2-3,11H,4-7H2,1H3. The summed E-state index contributed by atoms with van der Waals surface area (Å²) in [4.78, 5) is 6.05. The van der Waals surface area contributed by atoms with Crippen LogP contribution in [0.3, 0.4) is 0 Å². The van der Waals surface area contributed by atoms with E-state index in [2.05, 4.69) is 4.98 Å². The largest absolute Gasteiger partial charge is 0.391 e. The van der Waals surface area contributed by atoms with Gasteiger partial charge in [0.1, 0.15) is 11.9 Å². The van der Waals surface area contributed by atoms with Crippen molar-refractivity contribution in [2.24, 2.45) is 5.92 Å². The highest BCUT2D eigenvalue weighted by Crippen LogP contribution is 2.35. The molecule has 0 saturated carbocycles. The normalized spacial score (nSPS) is 17.3. The van der Waals surface area contributed by atoms with E-state index in [4.69, 9.17) is 5.26 Å². The van der Waals surface area contributed by atoms with Gasteiger partial charge in [0.05, 0.1) is 11.5 Å². The van der Waals surface area contributed by atoms with Crippen molar-refractivity contribution in [2.45, 2.75) is 25.9 Å². The lowest BCUT2D eigenvalue weighted by Gasteiger charge is -2.34. The molecule has 0 unspecified atom stereocenters. The predicted octanol–water partition coefficient (Wildman–Crippen LogP) is 3.04. The van der Waals surface area contributed by atoms with Crippen LogP contribution in [0.15, 0.2) is 12.1 Å². The van der Waals surface area contributed by atoms with Crippen molar-refractivity contribution in [3.63, 3.8) is 0 Å². The molecule has 0 amide bonds. The van der Waals surface area contributed by atoms with E-state index in [0.717, 1.165) is 5.69 Å². The van der Waals surface area contributed by atoms with E-state index in [1.165, 1.54) is 0 Å². The fourth-order valence-corrected chi connectivity index (χ4v) is 2.29. The lowest BCUT2D eigenvalue weighted by atomic mass is 9.96. The Balaban J connectivity index is 2.14. The maximum atomic E-state index is 12.6. The van der Waals surface area contributed by atoms with Gasteiger partial charge in [0.25, 0.3) is 0 Å². The second-order valence-electron chi connectivity index (χ2n) is 4.74. The van der Waals surface area contributed by atoms with Gasteiger partial charge in [-0.05, 0) is 31.9 Å². The minimum Gasteiger partial charge on any atom is -0.355 e. The summed E-state index contributed by atoms with van der Waals surface area (Å²) in [7, 11) is 0. The number of rotatable bonds is 1. The molecule has 1 aromatic rings.